The maximum Gasteiger partial charge on any atom is 0.271 e. The minimum Gasteiger partial charge on any atom is -0.452 e. The van der Waals surface area contributed by atoms with Crippen molar-refractivity contribution in [2.45, 2.75) is 6.54 Å². The SMILES string of the molecule is N#Cc1cc(Oc2c(Cl)ccc(CNC(=O)c3[nH]c(N)nc3Cl)c2F)cc(Cl)n1. The number of nitrogens with zero attached hydrogens (tertiary/aromatic N) is 3. The van der Waals surface area contributed by atoms with Gasteiger partial charge in [0.1, 0.15) is 28.4 Å². The summed E-state index contributed by atoms with van der Waals surface area (Å²) in [6, 6.07) is 7.18. The van der Waals surface area contributed by atoms with Gasteiger partial charge in [0.25, 0.3) is 5.91 Å². The van der Waals surface area contributed by atoms with E-state index in [0.29, 0.717) is 0 Å². The number of nitrogens with one attached hydrogen (secondary N) is 2. The predicted molar refractivity (Wildman–Crippen MR) is 105 cm³/mol. The van der Waals surface area contributed by atoms with Crippen LogP contribution in [0.1, 0.15) is 21.7 Å². The van der Waals surface area contributed by atoms with E-state index in [1.807, 2.05) is 6.07 Å². The second kappa shape index (κ2) is 8.53. The van der Waals surface area contributed by atoms with Crippen molar-refractivity contribution in [2.24, 2.45) is 0 Å². The van der Waals surface area contributed by atoms with Crippen LogP contribution in [-0.2, 0) is 6.54 Å². The molecule has 2 aromatic heterocycles. The van der Waals surface area contributed by atoms with E-state index in [1.54, 1.807) is 0 Å². The standard InChI is InChI=1S/C17H10Cl3FN6O2/c18-10-2-1-7(6-24-16(28)13-15(20)27-17(23)26-13)12(21)14(10)29-9-3-8(5-22)25-11(19)4-9/h1-4H,6H2,(H,24,28)(H3,23,26,27). The smallest absolute Gasteiger partial charge is 0.271 e. The van der Waals surface area contributed by atoms with Crippen LogP contribution in [0.4, 0.5) is 10.3 Å². The van der Waals surface area contributed by atoms with Gasteiger partial charge in [-0.05, 0) is 6.07 Å². The van der Waals surface area contributed by atoms with Gasteiger partial charge in [0, 0.05) is 24.2 Å². The van der Waals surface area contributed by atoms with Crippen molar-refractivity contribution >= 4 is 46.7 Å². The number of H-pyrrole nitrogens is 1. The number of nitriles is 1. The lowest BCUT2D eigenvalue weighted by molar-refractivity contribution is 0.0946. The molecule has 4 N–H and O–H groups in total. The highest BCUT2D eigenvalue weighted by Crippen LogP contribution is 2.34. The normalized spacial score (nSPS) is 10.4. The minimum absolute atomic E-state index is 0.00490. The fourth-order valence-electron chi connectivity index (χ4n) is 2.29. The molecule has 3 aromatic rings. The largest absolute Gasteiger partial charge is 0.452 e. The molecule has 0 unspecified atom stereocenters. The van der Waals surface area contributed by atoms with Crippen LogP contribution in [0.5, 0.6) is 11.5 Å². The van der Waals surface area contributed by atoms with E-state index in [0.717, 1.165) is 0 Å². The molecule has 0 saturated heterocycles. The lowest BCUT2D eigenvalue weighted by Gasteiger charge is -2.12. The van der Waals surface area contributed by atoms with E-state index in [4.69, 9.17) is 50.5 Å². The third-order valence-corrected chi connectivity index (χ3v) is 4.34. The summed E-state index contributed by atoms with van der Waals surface area (Å²) in [5.74, 6) is -1.69. The molecule has 2 heterocycles. The van der Waals surface area contributed by atoms with Crippen molar-refractivity contribution in [1.29, 1.82) is 5.26 Å². The maximum absolute atomic E-state index is 14.9. The molecule has 29 heavy (non-hydrogen) atoms. The number of nitrogen functional groups attached to an aromatic ring is 1. The topological polar surface area (TPSA) is 130 Å². The average molecular weight is 456 g/mol. The maximum atomic E-state index is 14.9. The number of ether oxygens (including phenoxy) is 1. The van der Waals surface area contributed by atoms with Crippen molar-refractivity contribution in [2.75, 3.05) is 5.73 Å². The lowest BCUT2D eigenvalue weighted by Crippen LogP contribution is -2.24. The van der Waals surface area contributed by atoms with Crippen LogP contribution in [0, 0.1) is 17.1 Å². The number of anilines is 1. The van der Waals surface area contributed by atoms with Gasteiger partial charge < -0.3 is 20.8 Å². The Hall–Kier alpha value is -3.06. The van der Waals surface area contributed by atoms with Crippen LogP contribution in [0.25, 0.3) is 0 Å². The van der Waals surface area contributed by atoms with Crippen LogP contribution in [-0.4, -0.2) is 20.9 Å². The summed E-state index contributed by atoms with van der Waals surface area (Å²) in [5.41, 5.74) is 5.46. The summed E-state index contributed by atoms with van der Waals surface area (Å²) in [4.78, 5) is 22.1. The molecule has 0 radical (unpaired) electrons. The number of carbonyl (C=O) groups excluding carboxylic acids is 1. The molecule has 12 heteroatoms. The van der Waals surface area contributed by atoms with Crippen molar-refractivity contribution in [3.8, 4) is 17.6 Å². The van der Waals surface area contributed by atoms with Gasteiger partial charge in [0.2, 0.25) is 0 Å². The first kappa shape index (κ1) is 20.7. The fraction of sp³-hybridized carbons (Fsp3) is 0.0588. The summed E-state index contributed by atoms with van der Waals surface area (Å²) in [6.07, 6.45) is 0. The molecule has 0 aliphatic heterocycles. The van der Waals surface area contributed by atoms with E-state index < -0.39 is 11.7 Å². The number of nitrogens with two attached hydrogens (primary N) is 1. The van der Waals surface area contributed by atoms with Gasteiger partial charge in [-0.2, -0.15) is 5.26 Å². The Labute approximate surface area is 178 Å². The number of pyridine rings is 1. The molecular formula is C17H10Cl3FN6O2. The molecule has 0 atom stereocenters. The molecule has 0 aliphatic carbocycles. The molecule has 0 bridgehead atoms. The molecule has 1 amide bonds. The molecule has 1 aromatic carbocycles. The third kappa shape index (κ3) is 4.68. The number of carbonyl (C=O) groups is 1. The zero-order valence-corrected chi connectivity index (χ0v) is 16.5. The summed E-state index contributed by atoms with van der Waals surface area (Å²) in [5, 5.41) is 11.3. The Balaban J connectivity index is 1.82. The first-order valence-corrected chi connectivity index (χ1v) is 8.93. The van der Waals surface area contributed by atoms with E-state index in [-0.39, 0.29) is 56.3 Å². The van der Waals surface area contributed by atoms with Gasteiger partial charge in [0.05, 0.1) is 5.02 Å². The number of halogens is 4. The Morgan fingerprint density at radius 3 is 2.72 bits per heavy atom. The monoisotopic (exact) mass is 454 g/mol. The predicted octanol–water partition coefficient (Wildman–Crippen LogP) is 4.08. The minimum atomic E-state index is -0.806. The molecule has 0 fully saturated rings. The quantitative estimate of drug-likeness (QED) is 0.497. The van der Waals surface area contributed by atoms with Crippen molar-refractivity contribution in [3.63, 3.8) is 0 Å². The zero-order valence-electron chi connectivity index (χ0n) is 14.3. The summed E-state index contributed by atoms with van der Waals surface area (Å²) in [6.45, 7) is -0.200. The van der Waals surface area contributed by atoms with Crippen LogP contribution in [0.2, 0.25) is 15.3 Å². The Morgan fingerprint density at radius 2 is 2.07 bits per heavy atom. The molecule has 0 spiro atoms. The van der Waals surface area contributed by atoms with Gasteiger partial charge in [-0.15, -0.1) is 0 Å². The molecular weight excluding hydrogens is 446 g/mol. The molecule has 0 aliphatic rings. The second-order valence-corrected chi connectivity index (χ2v) is 6.70. The van der Waals surface area contributed by atoms with Crippen molar-refractivity contribution < 1.29 is 13.9 Å². The number of imidazole rings is 1. The summed E-state index contributed by atoms with van der Waals surface area (Å²) < 4.78 is 20.4. The first-order chi connectivity index (χ1) is 13.8. The average Bonchev–Trinajstić information content (AvgIpc) is 3.02. The van der Waals surface area contributed by atoms with E-state index in [1.165, 1.54) is 24.3 Å². The number of amides is 1. The molecule has 148 valence electrons. The number of rotatable bonds is 5. The number of aromatic amines is 1. The molecule has 8 nitrogen and oxygen atoms in total. The van der Waals surface area contributed by atoms with Crippen LogP contribution in [0.15, 0.2) is 24.3 Å². The molecule has 0 saturated carbocycles. The van der Waals surface area contributed by atoms with E-state index >= 15 is 0 Å². The third-order valence-electron chi connectivity index (χ3n) is 3.58. The summed E-state index contributed by atoms with van der Waals surface area (Å²) >= 11 is 17.6. The van der Waals surface area contributed by atoms with Gasteiger partial charge in [-0.1, -0.05) is 40.9 Å². The zero-order chi connectivity index (χ0) is 21.1. The van der Waals surface area contributed by atoms with Gasteiger partial charge in [-0.3, -0.25) is 4.79 Å². The van der Waals surface area contributed by atoms with Crippen LogP contribution < -0.4 is 15.8 Å². The Bertz CT molecular complexity index is 1140. The highest BCUT2D eigenvalue weighted by Gasteiger charge is 2.19. The number of hydrogen-bond donors (Lipinski definition) is 3. The van der Waals surface area contributed by atoms with Crippen molar-refractivity contribution in [1.82, 2.24) is 20.3 Å². The first-order valence-electron chi connectivity index (χ1n) is 7.80. The number of aromatic nitrogens is 3. The summed E-state index contributed by atoms with van der Waals surface area (Å²) in [7, 11) is 0. The van der Waals surface area contributed by atoms with Crippen LogP contribution >= 0.6 is 34.8 Å². The van der Waals surface area contributed by atoms with Crippen LogP contribution in [0.3, 0.4) is 0 Å². The fourth-order valence-corrected chi connectivity index (χ4v) is 2.90. The molecule has 3 rings (SSSR count). The van der Waals surface area contributed by atoms with Gasteiger partial charge in [0.15, 0.2) is 22.7 Å². The van der Waals surface area contributed by atoms with Gasteiger partial charge >= 0.3 is 0 Å². The lowest BCUT2D eigenvalue weighted by atomic mass is 10.2. The van der Waals surface area contributed by atoms with Gasteiger partial charge in [-0.25, -0.2) is 14.4 Å². The number of hydrogen-bond acceptors (Lipinski definition) is 6. The Kier molecular flexibility index (Phi) is 6.08. The Morgan fingerprint density at radius 1 is 1.31 bits per heavy atom. The second-order valence-electron chi connectivity index (χ2n) is 5.54. The number of benzene rings is 1. The van der Waals surface area contributed by atoms with Crippen molar-refractivity contribution in [3.05, 3.63) is 62.4 Å². The van der Waals surface area contributed by atoms with E-state index in [9.17, 15) is 9.18 Å². The highest BCUT2D eigenvalue weighted by atomic mass is 35.5. The van der Waals surface area contributed by atoms with E-state index in [2.05, 4.69) is 20.3 Å². The highest BCUT2D eigenvalue weighted by molar-refractivity contribution is 6.32.